The molecule has 0 aliphatic carbocycles. The van der Waals surface area contributed by atoms with Gasteiger partial charge in [0, 0.05) is 6.42 Å². The Labute approximate surface area is 122 Å². The zero-order valence-electron chi connectivity index (χ0n) is 11.5. The van der Waals surface area contributed by atoms with Crippen molar-refractivity contribution in [2.24, 2.45) is 0 Å². The molecule has 1 heterocycles. The fraction of sp³-hybridized carbons (Fsp3) is 0.400. The third-order valence-electron chi connectivity index (χ3n) is 3.46. The van der Waals surface area contributed by atoms with Gasteiger partial charge in [-0.15, -0.1) is 0 Å². The van der Waals surface area contributed by atoms with E-state index in [1.54, 1.807) is 30.3 Å². The van der Waals surface area contributed by atoms with Crippen molar-refractivity contribution in [3.05, 3.63) is 35.9 Å². The molecule has 2 rings (SSSR count). The SMILES string of the molecule is O=C1CCCCC(C(=O)N[C@H](C(=O)O)c2ccccc2)N1. The van der Waals surface area contributed by atoms with Crippen LogP contribution in [0.5, 0.6) is 0 Å². The molecule has 1 aliphatic rings. The Morgan fingerprint density at radius 2 is 1.95 bits per heavy atom. The van der Waals surface area contributed by atoms with E-state index in [-0.39, 0.29) is 5.91 Å². The first-order valence-corrected chi connectivity index (χ1v) is 6.95. The average molecular weight is 290 g/mol. The highest BCUT2D eigenvalue weighted by atomic mass is 16.4. The van der Waals surface area contributed by atoms with E-state index >= 15 is 0 Å². The zero-order valence-corrected chi connectivity index (χ0v) is 11.5. The molecule has 0 radical (unpaired) electrons. The molecule has 2 amide bonds. The van der Waals surface area contributed by atoms with Crippen molar-refractivity contribution in [3.8, 4) is 0 Å². The standard InChI is InChI=1S/C15H18N2O4/c18-12-9-5-4-8-11(16-12)14(19)17-13(15(20)21)10-6-2-1-3-7-10/h1-3,6-7,11,13H,4-5,8-9H2,(H,16,18)(H,17,19)(H,20,21)/t11?,13-/m0/s1. The summed E-state index contributed by atoms with van der Waals surface area (Å²) in [5.41, 5.74) is 0.498. The molecular formula is C15H18N2O4. The molecule has 0 bridgehead atoms. The number of carbonyl (C=O) groups excluding carboxylic acids is 2. The fourth-order valence-electron chi connectivity index (χ4n) is 2.35. The van der Waals surface area contributed by atoms with Crippen molar-refractivity contribution in [3.63, 3.8) is 0 Å². The molecule has 0 spiro atoms. The summed E-state index contributed by atoms with van der Waals surface area (Å²) in [6, 6.07) is 6.71. The maximum atomic E-state index is 12.2. The van der Waals surface area contributed by atoms with E-state index in [2.05, 4.69) is 10.6 Å². The Balaban J connectivity index is 2.08. The number of amides is 2. The summed E-state index contributed by atoms with van der Waals surface area (Å²) in [5.74, 6) is -1.75. The number of hydrogen-bond acceptors (Lipinski definition) is 3. The van der Waals surface area contributed by atoms with Crippen molar-refractivity contribution in [1.82, 2.24) is 10.6 Å². The third kappa shape index (κ3) is 4.05. The van der Waals surface area contributed by atoms with Crippen molar-refractivity contribution < 1.29 is 19.5 Å². The Morgan fingerprint density at radius 3 is 2.62 bits per heavy atom. The van der Waals surface area contributed by atoms with E-state index < -0.39 is 24.0 Å². The van der Waals surface area contributed by atoms with Crippen molar-refractivity contribution in [2.75, 3.05) is 0 Å². The minimum absolute atomic E-state index is 0.167. The van der Waals surface area contributed by atoms with Crippen molar-refractivity contribution in [1.29, 1.82) is 0 Å². The lowest BCUT2D eigenvalue weighted by atomic mass is 10.1. The highest BCUT2D eigenvalue weighted by molar-refractivity contribution is 5.91. The first-order chi connectivity index (χ1) is 10.1. The minimum Gasteiger partial charge on any atom is -0.479 e. The predicted octanol–water partition coefficient (Wildman–Crippen LogP) is 0.987. The number of aliphatic carboxylic acids is 1. The van der Waals surface area contributed by atoms with Crippen LogP contribution in [0.4, 0.5) is 0 Å². The summed E-state index contributed by atoms with van der Waals surface area (Å²) in [7, 11) is 0. The van der Waals surface area contributed by atoms with Crippen LogP contribution in [0, 0.1) is 0 Å². The van der Waals surface area contributed by atoms with Crippen LogP contribution in [0.3, 0.4) is 0 Å². The van der Waals surface area contributed by atoms with Gasteiger partial charge in [-0.25, -0.2) is 4.79 Å². The summed E-state index contributed by atoms with van der Waals surface area (Å²) in [4.78, 5) is 35.0. The molecule has 1 unspecified atom stereocenters. The molecule has 21 heavy (non-hydrogen) atoms. The number of rotatable bonds is 4. The maximum absolute atomic E-state index is 12.2. The van der Waals surface area contributed by atoms with Gasteiger partial charge in [-0.1, -0.05) is 36.8 Å². The molecule has 3 N–H and O–H groups in total. The molecule has 6 heteroatoms. The first kappa shape index (κ1) is 15.0. The second-order valence-corrected chi connectivity index (χ2v) is 5.06. The second-order valence-electron chi connectivity index (χ2n) is 5.06. The van der Waals surface area contributed by atoms with E-state index in [4.69, 9.17) is 0 Å². The average Bonchev–Trinajstić information content (AvgIpc) is 2.69. The van der Waals surface area contributed by atoms with Crippen molar-refractivity contribution >= 4 is 17.8 Å². The molecule has 0 aromatic heterocycles. The summed E-state index contributed by atoms with van der Waals surface area (Å²) in [6.07, 6.45) is 2.44. The van der Waals surface area contributed by atoms with Gasteiger partial charge in [0.1, 0.15) is 6.04 Å². The van der Waals surface area contributed by atoms with Crippen LogP contribution in [0.1, 0.15) is 37.3 Å². The predicted molar refractivity (Wildman–Crippen MR) is 75.4 cm³/mol. The fourth-order valence-corrected chi connectivity index (χ4v) is 2.35. The smallest absolute Gasteiger partial charge is 0.330 e. The van der Waals surface area contributed by atoms with E-state index in [0.717, 1.165) is 12.8 Å². The Kier molecular flexibility index (Phi) is 4.92. The summed E-state index contributed by atoms with van der Waals surface area (Å²) >= 11 is 0. The lowest BCUT2D eigenvalue weighted by Gasteiger charge is -2.20. The Bertz CT molecular complexity index is 530. The van der Waals surface area contributed by atoms with Crippen LogP contribution in [0.2, 0.25) is 0 Å². The highest BCUT2D eigenvalue weighted by Crippen LogP contribution is 2.15. The van der Waals surface area contributed by atoms with Crippen LogP contribution < -0.4 is 10.6 Å². The van der Waals surface area contributed by atoms with Crippen LogP contribution in [-0.2, 0) is 14.4 Å². The van der Waals surface area contributed by atoms with Gasteiger partial charge in [0.2, 0.25) is 11.8 Å². The molecule has 112 valence electrons. The number of benzene rings is 1. The minimum atomic E-state index is -1.13. The molecule has 1 aromatic carbocycles. The largest absolute Gasteiger partial charge is 0.479 e. The lowest BCUT2D eigenvalue weighted by molar-refractivity contribution is -0.142. The molecule has 1 aliphatic heterocycles. The maximum Gasteiger partial charge on any atom is 0.330 e. The van der Waals surface area contributed by atoms with E-state index in [1.807, 2.05) is 0 Å². The van der Waals surface area contributed by atoms with Crippen LogP contribution in [-0.4, -0.2) is 28.9 Å². The van der Waals surface area contributed by atoms with Crippen LogP contribution in [0.25, 0.3) is 0 Å². The van der Waals surface area contributed by atoms with Gasteiger partial charge in [-0.3, -0.25) is 9.59 Å². The number of nitrogens with one attached hydrogen (secondary N) is 2. The monoisotopic (exact) mass is 290 g/mol. The highest BCUT2D eigenvalue weighted by Gasteiger charge is 2.28. The zero-order chi connectivity index (χ0) is 15.2. The van der Waals surface area contributed by atoms with Gasteiger partial charge >= 0.3 is 5.97 Å². The van der Waals surface area contributed by atoms with Gasteiger partial charge in [-0.05, 0) is 18.4 Å². The van der Waals surface area contributed by atoms with Gasteiger partial charge in [-0.2, -0.15) is 0 Å². The molecular weight excluding hydrogens is 272 g/mol. The summed E-state index contributed by atoms with van der Waals surface area (Å²) in [6.45, 7) is 0. The van der Waals surface area contributed by atoms with Gasteiger partial charge in [0.05, 0.1) is 0 Å². The summed E-state index contributed by atoms with van der Waals surface area (Å²) in [5, 5.41) is 14.4. The van der Waals surface area contributed by atoms with Gasteiger partial charge in [0.15, 0.2) is 6.04 Å². The number of hydrogen-bond donors (Lipinski definition) is 3. The normalized spacial score (nSPS) is 20.0. The van der Waals surface area contributed by atoms with Crippen molar-refractivity contribution in [2.45, 2.75) is 37.8 Å². The Morgan fingerprint density at radius 1 is 1.24 bits per heavy atom. The van der Waals surface area contributed by atoms with E-state index in [9.17, 15) is 19.5 Å². The third-order valence-corrected chi connectivity index (χ3v) is 3.46. The molecule has 1 saturated heterocycles. The van der Waals surface area contributed by atoms with Crippen LogP contribution >= 0.6 is 0 Å². The Hall–Kier alpha value is -2.37. The lowest BCUT2D eigenvalue weighted by Crippen LogP contribution is -2.48. The quantitative estimate of drug-likeness (QED) is 0.770. The number of carboxylic acids is 1. The molecule has 0 saturated carbocycles. The van der Waals surface area contributed by atoms with E-state index in [1.165, 1.54) is 0 Å². The molecule has 6 nitrogen and oxygen atoms in total. The van der Waals surface area contributed by atoms with Crippen LogP contribution in [0.15, 0.2) is 30.3 Å². The van der Waals surface area contributed by atoms with Gasteiger partial charge in [0.25, 0.3) is 0 Å². The first-order valence-electron chi connectivity index (χ1n) is 6.95. The molecule has 1 fully saturated rings. The summed E-state index contributed by atoms with van der Waals surface area (Å²) < 4.78 is 0. The second kappa shape index (κ2) is 6.88. The molecule has 2 atom stereocenters. The number of carboxylic acid groups (broad SMARTS) is 1. The number of carbonyl (C=O) groups is 3. The topological polar surface area (TPSA) is 95.5 Å². The molecule has 1 aromatic rings. The van der Waals surface area contributed by atoms with E-state index in [0.29, 0.717) is 18.4 Å². The van der Waals surface area contributed by atoms with Gasteiger partial charge < -0.3 is 15.7 Å².